The highest BCUT2D eigenvalue weighted by Crippen LogP contribution is 2.25. The molecule has 0 amide bonds. The minimum Gasteiger partial charge on any atom is -0.338 e. The zero-order valence-electron chi connectivity index (χ0n) is 10.2. The number of hydrogen-bond donors (Lipinski definition) is 1. The molecule has 0 unspecified atom stereocenters. The quantitative estimate of drug-likeness (QED) is 0.554. The Kier molecular flexibility index (Phi) is 2.12. The molecule has 19 heavy (non-hydrogen) atoms. The molecule has 0 saturated heterocycles. The molecule has 0 atom stereocenters. The van der Waals surface area contributed by atoms with Gasteiger partial charge in [0.25, 0.3) is 0 Å². The third-order valence-electron chi connectivity index (χ3n) is 3.27. The number of hydrogen-bond acceptors (Lipinski definition) is 2. The minimum absolute atomic E-state index is 0.883. The van der Waals surface area contributed by atoms with Gasteiger partial charge in [0.15, 0.2) is 0 Å². The molecule has 0 aliphatic heterocycles. The van der Waals surface area contributed by atoms with Crippen molar-refractivity contribution in [3.8, 4) is 11.4 Å². The molecule has 1 N–H and O–H groups in total. The highest BCUT2D eigenvalue weighted by Gasteiger charge is 2.08. The van der Waals surface area contributed by atoms with Crippen LogP contribution in [0.3, 0.4) is 0 Å². The fourth-order valence-electron chi connectivity index (χ4n) is 2.34. The van der Waals surface area contributed by atoms with Crippen LogP contribution in [0.2, 0.25) is 0 Å². The highest BCUT2D eigenvalue weighted by molar-refractivity contribution is 6.02. The SMILES string of the molecule is c1ccc(-c2nc3c(ccc4cccnc43)[nH]2)cc1. The van der Waals surface area contributed by atoms with Crippen LogP contribution in [0.1, 0.15) is 0 Å². The van der Waals surface area contributed by atoms with Gasteiger partial charge in [-0.1, -0.05) is 42.5 Å². The summed E-state index contributed by atoms with van der Waals surface area (Å²) < 4.78 is 0. The van der Waals surface area contributed by atoms with E-state index in [4.69, 9.17) is 4.98 Å². The van der Waals surface area contributed by atoms with E-state index >= 15 is 0 Å². The molecule has 3 nitrogen and oxygen atoms in total. The Balaban J connectivity index is 2.04. The summed E-state index contributed by atoms with van der Waals surface area (Å²) in [5.41, 5.74) is 3.98. The second-order valence-electron chi connectivity index (χ2n) is 4.49. The normalized spacial score (nSPS) is 11.2. The predicted octanol–water partition coefficient (Wildman–Crippen LogP) is 3.78. The molecule has 90 valence electrons. The van der Waals surface area contributed by atoms with Gasteiger partial charge < -0.3 is 4.98 Å². The molecule has 0 bridgehead atoms. The van der Waals surface area contributed by atoms with Gasteiger partial charge in [0, 0.05) is 17.1 Å². The molecule has 0 aliphatic carbocycles. The van der Waals surface area contributed by atoms with Crippen LogP contribution in [0, 0.1) is 0 Å². The summed E-state index contributed by atoms with van der Waals surface area (Å²) in [5.74, 6) is 0.883. The number of H-pyrrole nitrogens is 1. The van der Waals surface area contributed by atoms with Gasteiger partial charge in [-0.25, -0.2) is 4.98 Å². The first-order valence-electron chi connectivity index (χ1n) is 6.21. The van der Waals surface area contributed by atoms with Crippen molar-refractivity contribution in [2.75, 3.05) is 0 Å². The monoisotopic (exact) mass is 245 g/mol. The van der Waals surface area contributed by atoms with Crippen LogP contribution in [0.25, 0.3) is 33.3 Å². The smallest absolute Gasteiger partial charge is 0.138 e. The zero-order chi connectivity index (χ0) is 12.7. The summed E-state index contributed by atoms with van der Waals surface area (Å²) >= 11 is 0. The first-order chi connectivity index (χ1) is 9.42. The van der Waals surface area contributed by atoms with Crippen LogP contribution in [0.4, 0.5) is 0 Å². The molecule has 0 aliphatic rings. The number of fused-ring (bicyclic) bond motifs is 3. The lowest BCUT2D eigenvalue weighted by Crippen LogP contribution is -1.80. The van der Waals surface area contributed by atoms with Crippen molar-refractivity contribution < 1.29 is 0 Å². The van der Waals surface area contributed by atoms with Gasteiger partial charge in [-0.3, -0.25) is 4.98 Å². The lowest BCUT2D eigenvalue weighted by atomic mass is 10.2. The van der Waals surface area contributed by atoms with Crippen molar-refractivity contribution in [2.45, 2.75) is 0 Å². The Morgan fingerprint density at radius 2 is 1.68 bits per heavy atom. The Labute approximate surface area is 110 Å². The number of nitrogens with one attached hydrogen (secondary N) is 1. The van der Waals surface area contributed by atoms with E-state index in [-0.39, 0.29) is 0 Å². The number of rotatable bonds is 1. The maximum atomic E-state index is 4.69. The molecule has 2 aromatic heterocycles. The maximum absolute atomic E-state index is 4.69. The van der Waals surface area contributed by atoms with E-state index < -0.39 is 0 Å². The fourth-order valence-corrected chi connectivity index (χ4v) is 2.34. The van der Waals surface area contributed by atoms with E-state index in [1.165, 1.54) is 0 Å². The molecule has 4 aromatic rings. The Morgan fingerprint density at radius 1 is 0.789 bits per heavy atom. The molecule has 0 fully saturated rings. The van der Waals surface area contributed by atoms with Crippen molar-refractivity contribution in [1.29, 1.82) is 0 Å². The van der Waals surface area contributed by atoms with Gasteiger partial charge >= 0.3 is 0 Å². The zero-order valence-corrected chi connectivity index (χ0v) is 10.2. The molecule has 0 radical (unpaired) electrons. The van der Waals surface area contributed by atoms with Gasteiger partial charge in [-0.05, 0) is 12.1 Å². The summed E-state index contributed by atoms with van der Waals surface area (Å²) in [6, 6.07) is 18.2. The molecular weight excluding hydrogens is 234 g/mol. The molecule has 2 aromatic carbocycles. The summed E-state index contributed by atoms with van der Waals surface area (Å²) in [6.45, 7) is 0. The standard InChI is InChI=1S/C16H11N3/c1-2-5-12(6-3-1)16-18-13-9-8-11-7-4-10-17-14(11)15(13)19-16/h1-10H,(H,18,19). The van der Waals surface area contributed by atoms with E-state index in [1.807, 2.05) is 36.4 Å². The van der Waals surface area contributed by atoms with Crippen molar-refractivity contribution in [1.82, 2.24) is 15.0 Å². The lowest BCUT2D eigenvalue weighted by Gasteiger charge is -1.95. The van der Waals surface area contributed by atoms with Crippen LogP contribution in [-0.4, -0.2) is 15.0 Å². The van der Waals surface area contributed by atoms with Gasteiger partial charge in [0.1, 0.15) is 11.3 Å². The number of aromatic amines is 1. The number of aromatic nitrogens is 3. The third kappa shape index (κ3) is 1.59. The average Bonchev–Trinajstić information content (AvgIpc) is 2.93. The number of pyridine rings is 1. The average molecular weight is 245 g/mol. The largest absolute Gasteiger partial charge is 0.338 e. The van der Waals surface area contributed by atoms with Crippen LogP contribution >= 0.6 is 0 Å². The lowest BCUT2D eigenvalue weighted by molar-refractivity contribution is 1.33. The molecule has 0 saturated carbocycles. The summed E-state index contributed by atoms with van der Waals surface area (Å²) in [4.78, 5) is 12.5. The first kappa shape index (κ1) is 10.3. The van der Waals surface area contributed by atoms with Crippen LogP contribution < -0.4 is 0 Å². The molecule has 0 spiro atoms. The van der Waals surface area contributed by atoms with Gasteiger partial charge in [0.05, 0.1) is 11.0 Å². The second-order valence-corrected chi connectivity index (χ2v) is 4.49. The van der Waals surface area contributed by atoms with E-state index in [2.05, 4.69) is 28.2 Å². The van der Waals surface area contributed by atoms with Crippen LogP contribution in [-0.2, 0) is 0 Å². The highest BCUT2D eigenvalue weighted by atomic mass is 14.9. The van der Waals surface area contributed by atoms with Crippen LogP contribution in [0.5, 0.6) is 0 Å². The van der Waals surface area contributed by atoms with Crippen molar-refractivity contribution in [3.63, 3.8) is 0 Å². The second kappa shape index (κ2) is 3.92. The first-order valence-corrected chi connectivity index (χ1v) is 6.21. The van der Waals surface area contributed by atoms with E-state index in [1.54, 1.807) is 6.20 Å². The molecule has 4 rings (SSSR count). The summed E-state index contributed by atoms with van der Waals surface area (Å²) in [6.07, 6.45) is 1.80. The summed E-state index contributed by atoms with van der Waals surface area (Å²) in [5, 5.41) is 1.11. The van der Waals surface area contributed by atoms with Crippen molar-refractivity contribution in [3.05, 3.63) is 60.8 Å². The van der Waals surface area contributed by atoms with Gasteiger partial charge in [0.2, 0.25) is 0 Å². The number of nitrogens with zero attached hydrogens (tertiary/aromatic N) is 2. The van der Waals surface area contributed by atoms with E-state index in [9.17, 15) is 0 Å². The van der Waals surface area contributed by atoms with Gasteiger partial charge in [-0.2, -0.15) is 0 Å². The predicted molar refractivity (Wildman–Crippen MR) is 76.8 cm³/mol. The topological polar surface area (TPSA) is 41.6 Å². The third-order valence-corrected chi connectivity index (χ3v) is 3.27. The number of benzene rings is 2. The molecule has 3 heteroatoms. The Bertz CT molecular complexity index is 863. The summed E-state index contributed by atoms with van der Waals surface area (Å²) in [7, 11) is 0. The van der Waals surface area contributed by atoms with E-state index in [0.717, 1.165) is 33.3 Å². The fraction of sp³-hybridized carbons (Fsp3) is 0. The van der Waals surface area contributed by atoms with Crippen molar-refractivity contribution in [2.24, 2.45) is 0 Å². The number of imidazole rings is 1. The van der Waals surface area contributed by atoms with Gasteiger partial charge in [-0.15, -0.1) is 0 Å². The molecular formula is C16H11N3. The molecule has 2 heterocycles. The van der Waals surface area contributed by atoms with Crippen LogP contribution in [0.15, 0.2) is 60.8 Å². The Morgan fingerprint density at radius 3 is 2.58 bits per heavy atom. The van der Waals surface area contributed by atoms with E-state index in [0.29, 0.717) is 0 Å². The Hall–Kier alpha value is -2.68. The van der Waals surface area contributed by atoms with Crippen molar-refractivity contribution >= 4 is 21.9 Å². The maximum Gasteiger partial charge on any atom is 0.138 e. The minimum atomic E-state index is 0.883.